The van der Waals surface area contributed by atoms with Crippen LogP contribution in [0.1, 0.15) is 29.8 Å². The smallest absolute Gasteiger partial charge is 0.194 e. The van der Waals surface area contributed by atoms with Crippen LogP contribution in [0.25, 0.3) is 0 Å². The van der Waals surface area contributed by atoms with Crippen molar-refractivity contribution in [2.75, 3.05) is 19.8 Å². The van der Waals surface area contributed by atoms with E-state index in [1.54, 1.807) is 62.4 Å². The van der Waals surface area contributed by atoms with Crippen molar-refractivity contribution < 1.29 is 24.5 Å². The molecule has 0 radical (unpaired) electrons. The monoisotopic (exact) mass is 405 g/mol. The van der Waals surface area contributed by atoms with Crippen LogP contribution in [0.3, 0.4) is 0 Å². The first-order valence-corrected chi connectivity index (χ1v) is 9.25. The molecule has 0 spiro atoms. The molecule has 0 saturated heterocycles. The fraction of sp³-hybridized carbons (Fsp3) is 0.333. The van der Waals surface area contributed by atoms with E-state index in [9.17, 15) is 14.7 Å². The molecule has 7 heteroatoms. The summed E-state index contributed by atoms with van der Waals surface area (Å²) in [6.45, 7) is 2.85. The molecule has 0 bridgehead atoms. The summed E-state index contributed by atoms with van der Waals surface area (Å²) >= 11 is 5.84. The summed E-state index contributed by atoms with van der Waals surface area (Å²) in [5.41, 5.74) is -0.205. The number of ketones is 2. The van der Waals surface area contributed by atoms with E-state index in [-0.39, 0.29) is 24.7 Å². The van der Waals surface area contributed by atoms with Crippen LogP contribution in [0.4, 0.5) is 0 Å². The fourth-order valence-electron chi connectivity index (χ4n) is 2.69. The predicted octanol–water partition coefficient (Wildman–Crippen LogP) is 2.24. The Morgan fingerprint density at radius 1 is 1.04 bits per heavy atom. The SMILES string of the molecule is CC(C)(Oc1ccc(C(=O)c2ccc(Cl)cc2)cc1)C(=O)C(CO)NCCO. The zero-order valence-corrected chi connectivity index (χ0v) is 16.6. The summed E-state index contributed by atoms with van der Waals surface area (Å²) in [7, 11) is 0. The second kappa shape index (κ2) is 9.80. The summed E-state index contributed by atoms with van der Waals surface area (Å²) in [5, 5.41) is 21.6. The van der Waals surface area contributed by atoms with Gasteiger partial charge in [-0.15, -0.1) is 0 Å². The van der Waals surface area contributed by atoms with Gasteiger partial charge in [-0.05, 0) is 62.4 Å². The maximum absolute atomic E-state index is 12.6. The Morgan fingerprint density at radius 3 is 2.07 bits per heavy atom. The minimum Gasteiger partial charge on any atom is -0.480 e. The van der Waals surface area contributed by atoms with Gasteiger partial charge in [0.25, 0.3) is 0 Å². The Hall–Kier alpha value is -2.25. The number of hydrogen-bond acceptors (Lipinski definition) is 6. The van der Waals surface area contributed by atoms with Gasteiger partial charge in [-0.25, -0.2) is 0 Å². The van der Waals surface area contributed by atoms with E-state index in [1.807, 2.05) is 0 Å². The first-order chi connectivity index (χ1) is 13.3. The van der Waals surface area contributed by atoms with Gasteiger partial charge in [0.05, 0.1) is 19.3 Å². The summed E-state index contributed by atoms with van der Waals surface area (Å²) in [5.74, 6) is -0.0678. The maximum Gasteiger partial charge on any atom is 0.194 e. The molecule has 0 saturated carbocycles. The minimum atomic E-state index is -1.21. The molecule has 0 fully saturated rings. The zero-order valence-electron chi connectivity index (χ0n) is 15.8. The Bertz CT molecular complexity index is 803. The highest BCUT2D eigenvalue weighted by atomic mass is 35.5. The number of carbonyl (C=O) groups excluding carboxylic acids is 2. The molecule has 0 amide bonds. The maximum atomic E-state index is 12.6. The van der Waals surface area contributed by atoms with Crippen LogP contribution in [-0.4, -0.2) is 53.2 Å². The van der Waals surface area contributed by atoms with E-state index in [0.29, 0.717) is 21.9 Å². The van der Waals surface area contributed by atoms with E-state index in [2.05, 4.69) is 5.32 Å². The van der Waals surface area contributed by atoms with Gasteiger partial charge >= 0.3 is 0 Å². The van der Waals surface area contributed by atoms with Crippen molar-refractivity contribution in [3.63, 3.8) is 0 Å². The lowest BCUT2D eigenvalue weighted by molar-refractivity contribution is -0.135. The molecule has 2 aromatic carbocycles. The van der Waals surface area contributed by atoms with Crippen LogP contribution >= 0.6 is 11.6 Å². The summed E-state index contributed by atoms with van der Waals surface area (Å²) in [4.78, 5) is 25.1. The number of aliphatic hydroxyl groups is 2. The van der Waals surface area contributed by atoms with E-state index in [0.717, 1.165) is 0 Å². The highest BCUT2D eigenvalue weighted by Crippen LogP contribution is 2.22. The lowest BCUT2D eigenvalue weighted by atomic mass is 9.96. The van der Waals surface area contributed by atoms with E-state index < -0.39 is 18.2 Å². The van der Waals surface area contributed by atoms with Gasteiger partial charge < -0.3 is 20.3 Å². The third kappa shape index (κ3) is 5.62. The van der Waals surface area contributed by atoms with Crippen molar-refractivity contribution in [3.8, 4) is 5.75 Å². The number of carbonyl (C=O) groups is 2. The second-order valence-corrected chi connectivity index (χ2v) is 7.19. The van der Waals surface area contributed by atoms with Crippen molar-refractivity contribution in [2.45, 2.75) is 25.5 Å². The predicted molar refractivity (Wildman–Crippen MR) is 107 cm³/mol. The highest BCUT2D eigenvalue weighted by Gasteiger charge is 2.35. The normalized spacial score (nSPS) is 12.5. The summed E-state index contributed by atoms with van der Waals surface area (Å²) in [6.07, 6.45) is 0. The second-order valence-electron chi connectivity index (χ2n) is 6.75. The fourth-order valence-corrected chi connectivity index (χ4v) is 2.81. The van der Waals surface area contributed by atoms with Gasteiger partial charge in [0.15, 0.2) is 17.2 Å². The van der Waals surface area contributed by atoms with Gasteiger partial charge in [-0.1, -0.05) is 11.6 Å². The average molecular weight is 406 g/mol. The first kappa shape index (κ1) is 22.0. The van der Waals surface area contributed by atoms with Gasteiger partial charge in [0, 0.05) is 22.7 Å². The van der Waals surface area contributed by atoms with Crippen LogP contribution in [0.5, 0.6) is 5.75 Å². The number of Topliss-reactive ketones (excluding diaryl/α,β-unsaturated/α-hetero) is 1. The van der Waals surface area contributed by atoms with Crippen LogP contribution in [0, 0.1) is 0 Å². The Morgan fingerprint density at radius 2 is 1.57 bits per heavy atom. The molecule has 3 N–H and O–H groups in total. The largest absolute Gasteiger partial charge is 0.480 e. The molecule has 1 unspecified atom stereocenters. The molecule has 0 aliphatic carbocycles. The number of ether oxygens (including phenoxy) is 1. The number of halogens is 1. The third-order valence-electron chi connectivity index (χ3n) is 4.19. The van der Waals surface area contributed by atoms with Crippen molar-refractivity contribution in [3.05, 3.63) is 64.7 Å². The van der Waals surface area contributed by atoms with Crippen molar-refractivity contribution in [1.82, 2.24) is 5.32 Å². The van der Waals surface area contributed by atoms with E-state index in [1.165, 1.54) is 0 Å². The molecule has 6 nitrogen and oxygen atoms in total. The van der Waals surface area contributed by atoms with Crippen molar-refractivity contribution in [2.24, 2.45) is 0 Å². The molecule has 0 aliphatic heterocycles. The van der Waals surface area contributed by atoms with Gasteiger partial charge in [0.1, 0.15) is 5.75 Å². The number of rotatable bonds is 10. The van der Waals surface area contributed by atoms with Gasteiger partial charge in [-0.3, -0.25) is 9.59 Å². The molecule has 150 valence electrons. The van der Waals surface area contributed by atoms with Crippen LogP contribution < -0.4 is 10.1 Å². The molecule has 0 aliphatic rings. The molecule has 0 heterocycles. The molecule has 2 rings (SSSR count). The van der Waals surface area contributed by atoms with Gasteiger partial charge in [-0.2, -0.15) is 0 Å². The minimum absolute atomic E-state index is 0.145. The number of nitrogens with one attached hydrogen (secondary N) is 1. The topological polar surface area (TPSA) is 95.9 Å². The number of benzene rings is 2. The van der Waals surface area contributed by atoms with Crippen molar-refractivity contribution in [1.29, 1.82) is 0 Å². The number of hydrogen-bond donors (Lipinski definition) is 3. The lowest BCUT2D eigenvalue weighted by Crippen LogP contribution is -2.52. The van der Waals surface area contributed by atoms with E-state index in [4.69, 9.17) is 21.4 Å². The molecular formula is C21H24ClNO5. The Labute approximate surface area is 169 Å². The highest BCUT2D eigenvalue weighted by molar-refractivity contribution is 6.30. The summed E-state index contributed by atoms with van der Waals surface area (Å²) in [6, 6.07) is 12.3. The van der Waals surface area contributed by atoms with Gasteiger partial charge in [0.2, 0.25) is 0 Å². The Kier molecular flexibility index (Phi) is 7.71. The van der Waals surface area contributed by atoms with E-state index >= 15 is 0 Å². The number of aliphatic hydroxyl groups excluding tert-OH is 2. The quantitative estimate of drug-likeness (QED) is 0.525. The third-order valence-corrected chi connectivity index (χ3v) is 4.44. The van der Waals surface area contributed by atoms with Crippen LogP contribution in [0.2, 0.25) is 5.02 Å². The molecule has 0 aromatic heterocycles. The molecular weight excluding hydrogens is 382 g/mol. The molecule has 1 atom stereocenters. The zero-order chi connectivity index (χ0) is 20.7. The summed E-state index contributed by atoms with van der Waals surface area (Å²) < 4.78 is 5.79. The lowest BCUT2D eigenvalue weighted by Gasteiger charge is -2.29. The van der Waals surface area contributed by atoms with Crippen LogP contribution in [-0.2, 0) is 4.79 Å². The average Bonchev–Trinajstić information content (AvgIpc) is 2.68. The molecule has 28 heavy (non-hydrogen) atoms. The molecule has 2 aromatic rings. The first-order valence-electron chi connectivity index (χ1n) is 8.87. The van der Waals surface area contributed by atoms with Crippen molar-refractivity contribution >= 4 is 23.2 Å². The standard InChI is InChI=1S/C21H24ClNO5/c1-21(2,20(27)18(13-25)23-11-12-24)28-17-9-5-15(6-10-17)19(26)14-3-7-16(22)8-4-14/h3-10,18,23-25H,11-13H2,1-2H3. The Balaban J connectivity index is 2.09. The van der Waals surface area contributed by atoms with Crippen LogP contribution in [0.15, 0.2) is 48.5 Å².